The van der Waals surface area contributed by atoms with Crippen LogP contribution in [0.2, 0.25) is 0 Å². The molecule has 1 aliphatic heterocycles. The standard InChI is InChI=1S/C17H29N3/c1-14(2)20-11-4-9-17(13-18,10-12-20)19-16-7-5-15(3)6-8-16/h5-8,14,19H,4,9-13,18H2,1-3H3. The van der Waals surface area contributed by atoms with Crippen LogP contribution in [0.1, 0.15) is 38.7 Å². The monoisotopic (exact) mass is 275 g/mol. The van der Waals surface area contributed by atoms with Gasteiger partial charge >= 0.3 is 0 Å². The van der Waals surface area contributed by atoms with Crippen molar-refractivity contribution in [2.45, 2.75) is 51.6 Å². The molecule has 3 heteroatoms. The molecule has 20 heavy (non-hydrogen) atoms. The molecule has 1 aromatic carbocycles. The first kappa shape index (κ1) is 15.3. The van der Waals surface area contributed by atoms with Crippen molar-refractivity contribution < 1.29 is 0 Å². The maximum atomic E-state index is 6.13. The molecule has 1 heterocycles. The zero-order valence-electron chi connectivity index (χ0n) is 13.2. The second kappa shape index (κ2) is 6.59. The van der Waals surface area contributed by atoms with Gasteiger partial charge in [0.05, 0.1) is 5.54 Å². The number of rotatable bonds is 4. The topological polar surface area (TPSA) is 41.3 Å². The van der Waals surface area contributed by atoms with Crippen LogP contribution in [0.25, 0.3) is 0 Å². The Balaban J connectivity index is 2.07. The molecular formula is C17H29N3. The van der Waals surface area contributed by atoms with E-state index in [-0.39, 0.29) is 5.54 Å². The van der Waals surface area contributed by atoms with Crippen molar-refractivity contribution in [1.82, 2.24) is 4.90 Å². The van der Waals surface area contributed by atoms with E-state index in [4.69, 9.17) is 5.73 Å². The highest BCUT2D eigenvalue weighted by Crippen LogP contribution is 2.27. The summed E-state index contributed by atoms with van der Waals surface area (Å²) in [6.07, 6.45) is 3.49. The van der Waals surface area contributed by atoms with Crippen molar-refractivity contribution in [3.63, 3.8) is 0 Å². The van der Waals surface area contributed by atoms with Crippen molar-refractivity contribution in [2.24, 2.45) is 5.73 Å². The Morgan fingerprint density at radius 3 is 2.50 bits per heavy atom. The number of anilines is 1. The van der Waals surface area contributed by atoms with Gasteiger partial charge in [0, 0.05) is 24.8 Å². The number of nitrogens with one attached hydrogen (secondary N) is 1. The summed E-state index contributed by atoms with van der Waals surface area (Å²) in [5.74, 6) is 0. The van der Waals surface area contributed by atoms with Crippen molar-refractivity contribution in [3.8, 4) is 0 Å². The van der Waals surface area contributed by atoms with Crippen LogP contribution in [0.15, 0.2) is 24.3 Å². The number of aryl methyl sites for hydroxylation is 1. The third kappa shape index (κ3) is 3.74. The summed E-state index contributed by atoms with van der Waals surface area (Å²) in [4.78, 5) is 2.56. The number of nitrogens with two attached hydrogens (primary N) is 1. The molecule has 1 aliphatic rings. The number of nitrogens with zero attached hydrogens (tertiary/aromatic N) is 1. The maximum Gasteiger partial charge on any atom is 0.0508 e. The highest BCUT2D eigenvalue weighted by Gasteiger charge is 2.31. The van der Waals surface area contributed by atoms with E-state index in [9.17, 15) is 0 Å². The van der Waals surface area contributed by atoms with E-state index in [2.05, 4.69) is 55.3 Å². The molecule has 3 N–H and O–H groups in total. The van der Waals surface area contributed by atoms with Gasteiger partial charge in [-0.2, -0.15) is 0 Å². The summed E-state index contributed by atoms with van der Waals surface area (Å²) in [6.45, 7) is 9.70. The van der Waals surface area contributed by atoms with Crippen LogP contribution in [0, 0.1) is 6.92 Å². The van der Waals surface area contributed by atoms with Crippen LogP contribution < -0.4 is 11.1 Å². The Labute approximate surface area is 123 Å². The summed E-state index contributed by atoms with van der Waals surface area (Å²) < 4.78 is 0. The molecule has 0 radical (unpaired) electrons. The molecule has 1 aromatic rings. The minimum Gasteiger partial charge on any atom is -0.378 e. The predicted octanol–water partition coefficient (Wildman–Crippen LogP) is 3.00. The Morgan fingerprint density at radius 2 is 1.90 bits per heavy atom. The van der Waals surface area contributed by atoms with E-state index in [1.807, 2.05) is 0 Å². The van der Waals surface area contributed by atoms with Crippen molar-refractivity contribution >= 4 is 5.69 Å². The van der Waals surface area contributed by atoms with Crippen molar-refractivity contribution in [2.75, 3.05) is 25.0 Å². The second-order valence-corrected chi connectivity index (χ2v) is 6.46. The SMILES string of the molecule is Cc1ccc(NC2(CN)CCCN(C(C)C)CC2)cc1. The number of likely N-dealkylation sites (tertiary alicyclic amines) is 1. The Kier molecular flexibility index (Phi) is 5.06. The van der Waals surface area contributed by atoms with Gasteiger partial charge in [-0.05, 0) is 58.7 Å². The number of benzene rings is 1. The lowest BCUT2D eigenvalue weighted by molar-refractivity contribution is 0.227. The average molecular weight is 275 g/mol. The molecule has 1 saturated heterocycles. The van der Waals surface area contributed by atoms with Gasteiger partial charge < -0.3 is 16.0 Å². The third-order valence-corrected chi connectivity index (χ3v) is 4.56. The molecule has 1 fully saturated rings. The Bertz CT molecular complexity index is 413. The predicted molar refractivity (Wildman–Crippen MR) is 87.1 cm³/mol. The molecule has 0 aliphatic carbocycles. The zero-order chi connectivity index (χ0) is 14.6. The van der Waals surface area contributed by atoms with Gasteiger partial charge in [-0.15, -0.1) is 0 Å². The van der Waals surface area contributed by atoms with Gasteiger partial charge in [0.2, 0.25) is 0 Å². The van der Waals surface area contributed by atoms with Gasteiger partial charge in [-0.3, -0.25) is 0 Å². The lowest BCUT2D eigenvalue weighted by Crippen LogP contribution is -2.46. The Morgan fingerprint density at radius 1 is 1.20 bits per heavy atom. The van der Waals surface area contributed by atoms with E-state index in [1.54, 1.807) is 0 Å². The number of hydrogen-bond donors (Lipinski definition) is 2. The van der Waals surface area contributed by atoms with E-state index in [1.165, 1.54) is 24.2 Å². The normalized spacial score (nSPS) is 24.6. The van der Waals surface area contributed by atoms with Crippen LogP contribution in [-0.4, -0.2) is 36.1 Å². The molecule has 112 valence electrons. The lowest BCUT2D eigenvalue weighted by atomic mass is 9.90. The first-order chi connectivity index (χ1) is 9.54. The van der Waals surface area contributed by atoms with Gasteiger partial charge in [0.15, 0.2) is 0 Å². The fourth-order valence-corrected chi connectivity index (χ4v) is 3.05. The zero-order valence-corrected chi connectivity index (χ0v) is 13.2. The molecule has 0 bridgehead atoms. The molecule has 0 spiro atoms. The smallest absolute Gasteiger partial charge is 0.0508 e. The first-order valence-corrected chi connectivity index (χ1v) is 7.84. The molecule has 1 atom stereocenters. The molecule has 0 saturated carbocycles. The van der Waals surface area contributed by atoms with Gasteiger partial charge in [0.25, 0.3) is 0 Å². The maximum absolute atomic E-state index is 6.13. The van der Waals surface area contributed by atoms with E-state index >= 15 is 0 Å². The largest absolute Gasteiger partial charge is 0.378 e. The lowest BCUT2D eigenvalue weighted by Gasteiger charge is -2.34. The highest BCUT2D eigenvalue weighted by molar-refractivity contribution is 5.47. The molecular weight excluding hydrogens is 246 g/mol. The molecule has 3 nitrogen and oxygen atoms in total. The highest BCUT2D eigenvalue weighted by atomic mass is 15.2. The summed E-state index contributed by atoms with van der Waals surface area (Å²) in [6, 6.07) is 9.27. The molecule has 1 unspecified atom stereocenters. The van der Waals surface area contributed by atoms with Crippen LogP contribution in [0.5, 0.6) is 0 Å². The van der Waals surface area contributed by atoms with E-state index in [0.717, 1.165) is 19.4 Å². The van der Waals surface area contributed by atoms with Gasteiger partial charge in [0.1, 0.15) is 0 Å². The summed E-state index contributed by atoms with van der Waals surface area (Å²) in [5, 5.41) is 3.72. The van der Waals surface area contributed by atoms with E-state index < -0.39 is 0 Å². The second-order valence-electron chi connectivity index (χ2n) is 6.46. The van der Waals surface area contributed by atoms with Crippen molar-refractivity contribution in [3.05, 3.63) is 29.8 Å². The Hall–Kier alpha value is -1.06. The van der Waals surface area contributed by atoms with Crippen LogP contribution in [-0.2, 0) is 0 Å². The van der Waals surface area contributed by atoms with Crippen LogP contribution in [0.4, 0.5) is 5.69 Å². The summed E-state index contributed by atoms with van der Waals surface area (Å²) >= 11 is 0. The first-order valence-electron chi connectivity index (χ1n) is 7.84. The van der Waals surface area contributed by atoms with Gasteiger partial charge in [-0.25, -0.2) is 0 Å². The quantitative estimate of drug-likeness (QED) is 0.887. The fraction of sp³-hybridized carbons (Fsp3) is 0.647. The minimum atomic E-state index is 0.0545. The van der Waals surface area contributed by atoms with Gasteiger partial charge in [-0.1, -0.05) is 17.7 Å². The van der Waals surface area contributed by atoms with E-state index in [0.29, 0.717) is 12.6 Å². The third-order valence-electron chi connectivity index (χ3n) is 4.56. The molecule has 2 rings (SSSR count). The summed E-state index contributed by atoms with van der Waals surface area (Å²) in [7, 11) is 0. The average Bonchev–Trinajstić information content (AvgIpc) is 2.65. The van der Waals surface area contributed by atoms with Crippen molar-refractivity contribution in [1.29, 1.82) is 0 Å². The summed E-state index contributed by atoms with van der Waals surface area (Å²) in [5.41, 5.74) is 8.67. The fourth-order valence-electron chi connectivity index (χ4n) is 3.05. The molecule has 0 amide bonds. The number of hydrogen-bond acceptors (Lipinski definition) is 3. The molecule has 0 aromatic heterocycles. The van der Waals surface area contributed by atoms with Crippen LogP contribution >= 0.6 is 0 Å². The van der Waals surface area contributed by atoms with Crippen LogP contribution in [0.3, 0.4) is 0 Å². The minimum absolute atomic E-state index is 0.0545.